The zero-order valence-corrected chi connectivity index (χ0v) is 16.2. The highest BCUT2D eigenvalue weighted by Crippen LogP contribution is 2.22. The molecule has 0 radical (unpaired) electrons. The van der Waals surface area contributed by atoms with Crippen LogP contribution in [0.5, 0.6) is 0 Å². The fourth-order valence-electron chi connectivity index (χ4n) is 2.70. The zero-order valence-electron chi connectivity index (χ0n) is 15.4. The number of thiazole rings is 1. The van der Waals surface area contributed by atoms with Crippen molar-refractivity contribution >= 4 is 17.3 Å². The van der Waals surface area contributed by atoms with Gasteiger partial charge in [0, 0.05) is 42.9 Å². The first-order valence-electron chi connectivity index (χ1n) is 8.22. The molecule has 2 aromatic rings. The highest BCUT2D eigenvalue weighted by atomic mass is 32.1. The van der Waals surface area contributed by atoms with Crippen LogP contribution >= 0.6 is 11.3 Å². The van der Waals surface area contributed by atoms with Crippen LogP contribution in [0.1, 0.15) is 45.4 Å². The number of guanidine groups is 1. The molecule has 0 aliphatic heterocycles. The van der Waals surface area contributed by atoms with E-state index in [4.69, 9.17) is 4.52 Å². The lowest BCUT2D eigenvalue weighted by molar-refractivity contribution is 0.391. The molecule has 0 amide bonds. The van der Waals surface area contributed by atoms with Gasteiger partial charge in [0.25, 0.3) is 0 Å². The van der Waals surface area contributed by atoms with E-state index in [2.05, 4.69) is 46.5 Å². The van der Waals surface area contributed by atoms with Gasteiger partial charge in [0.1, 0.15) is 5.76 Å². The quantitative estimate of drug-likeness (QED) is 0.619. The van der Waals surface area contributed by atoms with Crippen molar-refractivity contribution in [1.82, 2.24) is 20.8 Å². The van der Waals surface area contributed by atoms with Crippen LogP contribution in [0.3, 0.4) is 0 Å². The third-order valence-electron chi connectivity index (χ3n) is 4.08. The molecule has 0 saturated carbocycles. The number of nitrogens with one attached hydrogen (secondary N) is 2. The number of nitrogens with zero attached hydrogens (tertiary/aromatic N) is 3. The van der Waals surface area contributed by atoms with Crippen LogP contribution < -0.4 is 10.6 Å². The number of hydrogen-bond acceptors (Lipinski definition) is 5. The molecule has 2 aromatic heterocycles. The largest absolute Gasteiger partial charge is 0.361 e. The average Bonchev–Trinajstić information content (AvgIpc) is 3.04. The van der Waals surface area contributed by atoms with E-state index in [0.717, 1.165) is 47.6 Å². The lowest BCUT2D eigenvalue weighted by Crippen LogP contribution is -2.40. The molecule has 0 fully saturated rings. The van der Waals surface area contributed by atoms with Gasteiger partial charge in [-0.1, -0.05) is 12.1 Å². The molecule has 7 heteroatoms. The molecule has 1 unspecified atom stereocenters. The van der Waals surface area contributed by atoms with Gasteiger partial charge < -0.3 is 15.2 Å². The van der Waals surface area contributed by atoms with E-state index in [-0.39, 0.29) is 0 Å². The monoisotopic (exact) mass is 349 g/mol. The van der Waals surface area contributed by atoms with Gasteiger partial charge in [-0.2, -0.15) is 0 Å². The highest BCUT2D eigenvalue weighted by Gasteiger charge is 2.16. The Balaban J connectivity index is 1.80. The third kappa shape index (κ3) is 4.56. The van der Waals surface area contributed by atoms with Crippen molar-refractivity contribution in [1.29, 1.82) is 0 Å². The molecule has 2 rings (SSSR count). The van der Waals surface area contributed by atoms with Gasteiger partial charge in [-0.3, -0.25) is 4.99 Å². The summed E-state index contributed by atoms with van der Waals surface area (Å²) in [4.78, 5) is 10.1. The van der Waals surface area contributed by atoms with Gasteiger partial charge in [0.15, 0.2) is 5.96 Å². The molecule has 2 N–H and O–H groups in total. The van der Waals surface area contributed by atoms with Gasteiger partial charge in [-0.05, 0) is 27.7 Å². The maximum absolute atomic E-state index is 5.25. The van der Waals surface area contributed by atoms with Gasteiger partial charge in [0.2, 0.25) is 0 Å². The minimum absolute atomic E-state index is 0.305. The summed E-state index contributed by atoms with van der Waals surface area (Å²) in [6.45, 7) is 11.8. The summed E-state index contributed by atoms with van der Waals surface area (Å²) in [5, 5.41) is 11.9. The molecule has 6 nitrogen and oxygen atoms in total. The van der Waals surface area contributed by atoms with Crippen molar-refractivity contribution in [3.05, 3.63) is 32.6 Å². The molecule has 132 valence electrons. The first-order chi connectivity index (χ1) is 11.4. The lowest BCUT2D eigenvalue weighted by atomic mass is 10.00. The average molecular weight is 350 g/mol. The Morgan fingerprint density at radius 3 is 2.50 bits per heavy atom. The summed E-state index contributed by atoms with van der Waals surface area (Å²) in [5.74, 6) is 2.00. The Morgan fingerprint density at radius 2 is 1.96 bits per heavy atom. The summed E-state index contributed by atoms with van der Waals surface area (Å²) in [5.41, 5.74) is 3.26. The van der Waals surface area contributed by atoms with Crippen LogP contribution in [0.4, 0.5) is 0 Å². The molecule has 0 saturated heterocycles. The molecule has 0 aliphatic rings. The molecule has 0 aromatic carbocycles. The Bertz CT molecular complexity index is 665. The van der Waals surface area contributed by atoms with Crippen LogP contribution in [0, 0.1) is 27.7 Å². The normalized spacial score (nSPS) is 13.2. The van der Waals surface area contributed by atoms with Gasteiger partial charge in [0.05, 0.1) is 16.4 Å². The fraction of sp³-hybridized carbons (Fsp3) is 0.588. The van der Waals surface area contributed by atoms with Crippen LogP contribution in [-0.4, -0.2) is 36.2 Å². The van der Waals surface area contributed by atoms with Gasteiger partial charge >= 0.3 is 0 Å². The van der Waals surface area contributed by atoms with Crippen LogP contribution in [0.2, 0.25) is 0 Å². The second-order valence-corrected chi connectivity index (χ2v) is 7.31. The summed E-state index contributed by atoms with van der Waals surface area (Å²) in [7, 11) is 1.79. The molecule has 0 aliphatic carbocycles. The molecular formula is C17H27N5OS. The zero-order chi connectivity index (χ0) is 17.7. The Hall–Kier alpha value is -1.89. The van der Waals surface area contributed by atoms with Crippen molar-refractivity contribution in [2.75, 3.05) is 20.1 Å². The van der Waals surface area contributed by atoms with E-state index in [1.807, 2.05) is 13.8 Å². The molecule has 24 heavy (non-hydrogen) atoms. The second-order valence-electron chi connectivity index (χ2n) is 6.02. The van der Waals surface area contributed by atoms with Crippen LogP contribution in [-0.2, 0) is 6.42 Å². The first-order valence-corrected chi connectivity index (χ1v) is 9.04. The third-order valence-corrected chi connectivity index (χ3v) is 5.22. The molecule has 2 heterocycles. The van der Waals surface area contributed by atoms with E-state index in [9.17, 15) is 0 Å². The summed E-state index contributed by atoms with van der Waals surface area (Å²) in [6, 6.07) is 0. The van der Waals surface area contributed by atoms with Crippen molar-refractivity contribution in [2.24, 2.45) is 4.99 Å². The van der Waals surface area contributed by atoms with E-state index in [1.54, 1.807) is 18.4 Å². The van der Waals surface area contributed by atoms with E-state index >= 15 is 0 Å². The Morgan fingerprint density at radius 1 is 1.21 bits per heavy atom. The predicted octanol–water partition coefficient (Wildman–Crippen LogP) is 2.88. The Labute approximate surface area is 147 Å². The lowest BCUT2D eigenvalue weighted by Gasteiger charge is -2.15. The number of rotatable bonds is 6. The second kappa shape index (κ2) is 8.28. The maximum atomic E-state index is 5.25. The van der Waals surface area contributed by atoms with Crippen LogP contribution in [0.15, 0.2) is 9.52 Å². The number of aliphatic imine (C=N–C) groups is 1. The SMILES string of the molecule is CN=C(NCCc1nc(C)c(C)s1)NCC(C)c1c(C)noc1C. The minimum Gasteiger partial charge on any atom is -0.361 e. The van der Waals surface area contributed by atoms with Crippen molar-refractivity contribution in [3.63, 3.8) is 0 Å². The number of hydrogen-bond donors (Lipinski definition) is 2. The van der Waals surface area contributed by atoms with Crippen molar-refractivity contribution < 1.29 is 4.52 Å². The predicted molar refractivity (Wildman–Crippen MR) is 99.0 cm³/mol. The maximum Gasteiger partial charge on any atom is 0.191 e. The summed E-state index contributed by atoms with van der Waals surface area (Å²) in [6.07, 6.45) is 0.902. The Kier molecular flexibility index (Phi) is 6.36. The number of aryl methyl sites for hydroxylation is 4. The van der Waals surface area contributed by atoms with Crippen molar-refractivity contribution in [2.45, 2.75) is 47.0 Å². The molecular weight excluding hydrogens is 322 g/mol. The standard InChI is InChI=1S/C17H27N5OS/c1-10(16-12(3)22-23-13(16)4)9-20-17(18-6)19-8-7-15-21-11(2)14(5)24-15/h10H,7-9H2,1-6H3,(H2,18,19,20). The number of aromatic nitrogens is 2. The van der Waals surface area contributed by atoms with Crippen LogP contribution in [0.25, 0.3) is 0 Å². The smallest absolute Gasteiger partial charge is 0.191 e. The fourth-order valence-corrected chi connectivity index (χ4v) is 3.63. The molecule has 0 bridgehead atoms. The molecule has 1 atom stereocenters. The summed E-state index contributed by atoms with van der Waals surface area (Å²) >= 11 is 1.76. The highest BCUT2D eigenvalue weighted by molar-refractivity contribution is 7.11. The van der Waals surface area contributed by atoms with E-state index < -0.39 is 0 Å². The first kappa shape index (κ1) is 18.4. The summed E-state index contributed by atoms with van der Waals surface area (Å²) < 4.78 is 5.25. The minimum atomic E-state index is 0.305. The van der Waals surface area contributed by atoms with Crippen molar-refractivity contribution in [3.8, 4) is 0 Å². The topological polar surface area (TPSA) is 75.3 Å². The van der Waals surface area contributed by atoms with Gasteiger partial charge in [-0.25, -0.2) is 4.98 Å². The van der Waals surface area contributed by atoms with E-state index in [0.29, 0.717) is 5.92 Å². The van der Waals surface area contributed by atoms with Gasteiger partial charge in [-0.15, -0.1) is 11.3 Å². The molecule has 0 spiro atoms. The van der Waals surface area contributed by atoms with E-state index in [1.165, 1.54) is 10.4 Å².